The Labute approximate surface area is 191 Å². The van der Waals surface area contributed by atoms with Crippen LogP contribution < -0.4 is 10.1 Å². The summed E-state index contributed by atoms with van der Waals surface area (Å²) in [6.07, 6.45) is 4.99. The number of carbonyl (C=O) groups is 2. The van der Waals surface area contributed by atoms with Gasteiger partial charge in [0.25, 0.3) is 5.91 Å². The molecule has 0 saturated carbocycles. The lowest BCUT2D eigenvalue weighted by atomic mass is 9.89. The lowest BCUT2D eigenvalue weighted by Crippen LogP contribution is -2.21. The second kappa shape index (κ2) is 10.2. The Morgan fingerprint density at radius 3 is 2.81 bits per heavy atom. The number of ether oxygens (including phenoxy) is 3. The van der Waals surface area contributed by atoms with Gasteiger partial charge in [-0.15, -0.1) is 11.3 Å². The molecular weight excluding hydrogens is 428 g/mol. The second-order valence-corrected chi connectivity index (χ2v) is 9.37. The molecule has 8 heteroatoms. The molecule has 1 fully saturated rings. The molecule has 1 amide bonds. The van der Waals surface area contributed by atoms with Crippen LogP contribution in [-0.4, -0.2) is 37.8 Å². The van der Waals surface area contributed by atoms with Crippen LogP contribution in [0.1, 0.15) is 52.5 Å². The van der Waals surface area contributed by atoms with Crippen molar-refractivity contribution in [3.8, 4) is 11.8 Å². The van der Waals surface area contributed by atoms with Gasteiger partial charge in [0.05, 0.1) is 17.2 Å². The van der Waals surface area contributed by atoms with Gasteiger partial charge < -0.3 is 19.5 Å². The first-order valence-electron chi connectivity index (χ1n) is 10.9. The second-order valence-electron chi connectivity index (χ2n) is 8.26. The van der Waals surface area contributed by atoms with E-state index in [-0.39, 0.29) is 6.10 Å². The van der Waals surface area contributed by atoms with Crippen LogP contribution in [-0.2, 0) is 27.1 Å². The molecule has 2 aliphatic rings. The quantitative estimate of drug-likeness (QED) is 0.633. The van der Waals surface area contributed by atoms with Crippen LogP contribution in [0, 0.1) is 17.2 Å². The number of nitriles is 1. The predicted molar refractivity (Wildman–Crippen MR) is 120 cm³/mol. The fourth-order valence-electron chi connectivity index (χ4n) is 3.99. The number of benzene rings is 1. The van der Waals surface area contributed by atoms with Crippen LogP contribution in [0.5, 0.6) is 5.75 Å². The number of amides is 1. The Morgan fingerprint density at radius 2 is 2.09 bits per heavy atom. The minimum Gasteiger partial charge on any atom is -0.491 e. The number of anilines is 1. The van der Waals surface area contributed by atoms with E-state index in [1.54, 1.807) is 24.3 Å². The summed E-state index contributed by atoms with van der Waals surface area (Å²) in [4.78, 5) is 25.8. The van der Waals surface area contributed by atoms with Crippen molar-refractivity contribution in [1.29, 1.82) is 5.26 Å². The molecule has 1 aliphatic carbocycles. The Morgan fingerprint density at radius 1 is 1.28 bits per heavy atom. The van der Waals surface area contributed by atoms with Crippen molar-refractivity contribution in [2.45, 2.75) is 45.1 Å². The Balaban J connectivity index is 1.28. The molecule has 0 bridgehead atoms. The number of rotatable bonds is 7. The van der Waals surface area contributed by atoms with Gasteiger partial charge in [0.1, 0.15) is 23.4 Å². The summed E-state index contributed by atoms with van der Waals surface area (Å²) in [5, 5.41) is 12.8. The number of hydrogen-bond donors (Lipinski definition) is 1. The van der Waals surface area contributed by atoms with Crippen LogP contribution in [0.3, 0.4) is 0 Å². The van der Waals surface area contributed by atoms with E-state index < -0.39 is 18.5 Å². The van der Waals surface area contributed by atoms with E-state index in [4.69, 9.17) is 14.2 Å². The Kier molecular flexibility index (Phi) is 7.08. The highest BCUT2D eigenvalue weighted by molar-refractivity contribution is 7.16. The van der Waals surface area contributed by atoms with E-state index in [9.17, 15) is 14.9 Å². The first-order chi connectivity index (χ1) is 15.5. The van der Waals surface area contributed by atoms with Crippen molar-refractivity contribution in [3.05, 3.63) is 45.8 Å². The van der Waals surface area contributed by atoms with Gasteiger partial charge in [0, 0.05) is 11.5 Å². The summed E-state index contributed by atoms with van der Waals surface area (Å²) in [5.74, 6) is 0.170. The number of nitrogens with one attached hydrogen (secondary N) is 1. The number of thiophene rings is 1. The molecule has 1 aromatic heterocycles. The van der Waals surface area contributed by atoms with Gasteiger partial charge in [-0.05, 0) is 67.9 Å². The number of fused-ring (bicyclic) bond motifs is 1. The zero-order chi connectivity index (χ0) is 22.5. The Hall–Kier alpha value is -2.89. The lowest BCUT2D eigenvalue weighted by Gasteiger charge is -2.17. The first kappa shape index (κ1) is 22.3. The average molecular weight is 455 g/mol. The maximum Gasteiger partial charge on any atom is 0.338 e. The van der Waals surface area contributed by atoms with Crippen molar-refractivity contribution in [2.75, 3.05) is 25.1 Å². The molecule has 2 heterocycles. The highest BCUT2D eigenvalue weighted by Gasteiger charge is 2.25. The van der Waals surface area contributed by atoms with Gasteiger partial charge in [0.2, 0.25) is 0 Å². The molecule has 0 radical (unpaired) electrons. The van der Waals surface area contributed by atoms with Crippen molar-refractivity contribution >= 4 is 28.2 Å². The van der Waals surface area contributed by atoms with Crippen molar-refractivity contribution in [1.82, 2.24) is 0 Å². The average Bonchev–Trinajstić information content (AvgIpc) is 3.43. The number of nitrogens with zero attached hydrogens (tertiary/aromatic N) is 1. The maximum absolute atomic E-state index is 12.3. The highest BCUT2D eigenvalue weighted by Crippen LogP contribution is 2.39. The summed E-state index contributed by atoms with van der Waals surface area (Å²) in [6, 6.07) is 8.82. The third-order valence-corrected chi connectivity index (χ3v) is 6.93. The van der Waals surface area contributed by atoms with Crippen LogP contribution >= 0.6 is 11.3 Å². The molecule has 1 N–H and O–H groups in total. The molecule has 2 aromatic rings. The van der Waals surface area contributed by atoms with Crippen LogP contribution in [0.4, 0.5) is 5.00 Å². The van der Waals surface area contributed by atoms with E-state index in [0.717, 1.165) is 49.2 Å². The topological polar surface area (TPSA) is 97.7 Å². The molecule has 32 heavy (non-hydrogen) atoms. The monoisotopic (exact) mass is 454 g/mol. The van der Waals surface area contributed by atoms with E-state index in [1.807, 2.05) is 0 Å². The molecule has 4 rings (SSSR count). The normalized spacial score (nSPS) is 19.6. The van der Waals surface area contributed by atoms with Crippen molar-refractivity contribution < 1.29 is 23.8 Å². The fraction of sp³-hybridized carbons (Fsp3) is 0.458. The van der Waals surface area contributed by atoms with E-state index in [0.29, 0.717) is 34.4 Å². The summed E-state index contributed by atoms with van der Waals surface area (Å²) < 4.78 is 16.4. The minimum atomic E-state index is -0.592. The van der Waals surface area contributed by atoms with Gasteiger partial charge in [0.15, 0.2) is 6.61 Å². The third kappa shape index (κ3) is 5.29. The van der Waals surface area contributed by atoms with Gasteiger partial charge in [-0.25, -0.2) is 4.79 Å². The molecule has 0 spiro atoms. The van der Waals surface area contributed by atoms with Crippen molar-refractivity contribution in [3.63, 3.8) is 0 Å². The number of esters is 1. The summed E-state index contributed by atoms with van der Waals surface area (Å²) in [6.45, 7) is 3.03. The number of hydrogen-bond acceptors (Lipinski definition) is 7. The van der Waals surface area contributed by atoms with Crippen molar-refractivity contribution in [2.24, 2.45) is 5.92 Å². The maximum atomic E-state index is 12.3. The van der Waals surface area contributed by atoms with E-state index >= 15 is 0 Å². The molecular formula is C24H26N2O5S. The smallest absolute Gasteiger partial charge is 0.338 e. The Bertz CT molecular complexity index is 1020. The largest absolute Gasteiger partial charge is 0.491 e. The van der Waals surface area contributed by atoms with Crippen LogP contribution in [0.25, 0.3) is 0 Å². The van der Waals surface area contributed by atoms with Crippen LogP contribution in [0.15, 0.2) is 24.3 Å². The number of carbonyl (C=O) groups excluding carboxylic acids is 2. The molecule has 1 aromatic carbocycles. The third-order valence-electron chi connectivity index (χ3n) is 5.76. The summed E-state index contributed by atoms with van der Waals surface area (Å²) >= 11 is 1.45. The lowest BCUT2D eigenvalue weighted by molar-refractivity contribution is -0.119. The zero-order valence-corrected chi connectivity index (χ0v) is 18.8. The zero-order valence-electron chi connectivity index (χ0n) is 18.0. The standard InChI is InChI=1S/C24H26N2O5S/c1-15-4-9-19-20(12-25)23(32-21(19)11-15)26-22(27)14-31-24(28)16-5-7-17(8-6-16)30-13-18-3-2-10-29-18/h5-8,15,18H,2-4,9-11,13-14H2,1H3,(H,26,27). The molecule has 2 unspecified atom stereocenters. The molecule has 1 aliphatic heterocycles. The first-order valence-corrected chi connectivity index (χ1v) is 11.7. The van der Waals surface area contributed by atoms with Gasteiger partial charge in [-0.3, -0.25) is 4.79 Å². The van der Waals surface area contributed by atoms with Gasteiger partial charge in [-0.2, -0.15) is 5.26 Å². The fourth-order valence-corrected chi connectivity index (χ4v) is 5.36. The van der Waals surface area contributed by atoms with E-state index in [2.05, 4.69) is 18.3 Å². The van der Waals surface area contributed by atoms with Crippen LogP contribution in [0.2, 0.25) is 0 Å². The highest BCUT2D eigenvalue weighted by atomic mass is 32.1. The molecule has 168 valence electrons. The molecule has 7 nitrogen and oxygen atoms in total. The molecule has 1 saturated heterocycles. The minimum absolute atomic E-state index is 0.122. The summed E-state index contributed by atoms with van der Waals surface area (Å²) in [5.41, 5.74) is 1.92. The van der Waals surface area contributed by atoms with E-state index in [1.165, 1.54) is 11.3 Å². The summed E-state index contributed by atoms with van der Waals surface area (Å²) in [7, 11) is 0. The SMILES string of the molecule is CC1CCc2c(sc(NC(=O)COC(=O)c3ccc(OCC4CCCO4)cc3)c2C#N)C1. The van der Waals surface area contributed by atoms with Gasteiger partial charge in [-0.1, -0.05) is 6.92 Å². The molecule has 2 atom stereocenters. The predicted octanol–water partition coefficient (Wildman–Crippen LogP) is 4.10. The van der Waals surface area contributed by atoms with Gasteiger partial charge >= 0.3 is 5.97 Å².